The molecule has 0 radical (unpaired) electrons. The minimum atomic E-state index is -0.424. The fourth-order valence-corrected chi connectivity index (χ4v) is 2.64. The van der Waals surface area contributed by atoms with E-state index in [4.69, 9.17) is 4.74 Å². The number of carbonyl (C=O) groups is 1. The van der Waals surface area contributed by atoms with E-state index in [0.717, 1.165) is 11.1 Å². The highest BCUT2D eigenvalue weighted by Crippen LogP contribution is 2.33. The van der Waals surface area contributed by atoms with Crippen molar-refractivity contribution in [2.24, 2.45) is 0 Å². The smallest absolute Gasteiger partial charge is 0.411 e. The number of ether oxygens (including phenoxy) is 1. The van der Waals surface area contributed by atoms with Gasteiger partial charge in [-0.25, -0.2) is 4.79 Å². The molecule has 1 aliphatic rings. The number of amides is 1. The second-order valence-electron chi connectivity index (χ2n) is 5.08. The topological polar surface area (TPSA) is 49.8 Å². The molecule has 0 spiro atoms. The quantitative estimate of drug-likeness (QED) is 0.938. The first-order chi connectivity index (χ1) is 10.3. The predicted molar refractivity (Wildman–Crippen MR) is 78.5 cm³/mol. The third-order valence-electron chi connectivity index (χ3n) is 3.72. The van der Waals surface area contributed by atoms with Gasteiger partial charge in [-0.2, -0.15) is 0 Å². The lowest BCUT2D eigenvalue weighted by Crippen LogP contribution is -2.36. The second-order valence-corrected chi connectivity index (χ2v) is 5.08. The molecule has 2 aromatic carbocycles. The van der Waals surface area contributed by atoms with Crippen molar-refractivity contribution >= 4 is 6.09 Å². The summed E-state index contributed by atoms with van der Waals surface area (Å²) in [6.07, 6.45) is -0.806. The van der Waals surface area contributed by atoms with Crippen LogP contribution in [0.3, 0.4) is 0 Å². The van der Waals surface area contributed by atoms with E-state index < -0.39 is 6.10 Å². The molecule has 4 heteroatoms. The highest BCUT2D eigenvalue weighted by molar-refractivity contribution is 5.71. The number of hydrogen-bond acceptors (Lipinski definition) is 3. The maximum atomic E-state index is 12.1. The number of cyclic esters (lactones) is 1. The van der Waals surface area contributed by atoms with Crippen LogP contribution in [0.1, 0.15) is 17.2 Å². The van der Waals surface area contributed by atoms with Crippen molar-refractivity contribution in [2.75, 3.05) is 6.61 Å². The Balaban J connectivity index is 1.83. The van der Waals surface area contributed by atoms with Crippen LogP contribution in [0.5, 0.6) is 0 Å². The number of aliphatic hydroxyl groups is 1. The lowest BCUT2D eigenvalue weighted by molar-refractivity contribution is 0.117. The van der Waals surface area contributed by atoms with E-state index in [2.05, 4.69) is 0 Å². The fourth-order valence-electron chi connectivity index (χ4n) is 2.64. The molecule has 0 unspecified atom stereocenters. The van der Waals surface area contributed by atoms with Gasteiger partial charge in [0.15, 0.2) is 6.10 Å². The summed E-state index contributed by atoms with van der Waals surface area (Å²) >= 11 is 0. The molecule has 108 valence electrons. The summed E-state index contributed by atoms with van der Waals surface area (Å²) in [5.74, 6) is 0. The lowest BCUT2D eigenvalue weighted by Gasteiger charge is -2.22. The largest absolute Gasteiger partial charge is 0.439 e. The Kier molecular flexibility index (Phi) is 3.88. The third-order valence-corrected chi connectivity index (χ3v) is 3.72. The number of carbonyl (C=O) groups excluding carboxylic acids is 1. The van der Waals surface area contributed by atoms with Crippen LogP contribution >= 0.6 is 0 Å². The van der Waals surface area contributed by atoms with Gasteiger partial charge >= 0.3 is 6.09 Å². The van der Waals surface area contributed by atoms with Gasteiger partial charge in [0.2, 0.25) is 0 Å². The van der Waals surface area contributed by atoms with Crippen molar-refractivity contribution in [2.45, 2.75) is 18.7 Å². The van der Waals surface area contributed by atoms with Crippen LogP contribution in [-0.4, -0.2) is 28.7 Å². The molecule has 2 aromatic rings. The first kappa shape index (κ1) is 13.6. The van der Waals surface area contributed by atoms with Crippen molar-refractivity contribution in [1.82, 2.24) is 4.90 Å². The summed E-state index contributed by atoms with van der Waals surface area (Å²) in [6, 6.07) is 18.9. The average Bonchev–Trinajstić information content (AvgIpc) is 2.85. The molecule has 0 saturated carbocycles. The van der Waals surface area contributed by atoms with Crippen LogP contribution in [0, 0.1) is 0 Å². The number of aliphatic hydroxyl groups excluding tert-OH is 1. The molecule has 1 aliphatic heterocycles. The van der Waals surface area contributed by atoms with E-state index in [1.165, 1.54) is 0 Å². The van der Waals surface area contributed by atoms with Gasteiger partial charge in [-0.1, -0.05) is 60.7 Å². The zero-order chi connectivity index (χ0) is 14.7. The van der Waals surface area contributed by atoms with Gasteiger partial charge in [-0.15, -0.1) is 0 Å². The summed E-state index contributed by atoms with van der Waals surface area (Å²) < 4.78 is 5.46. The molecule has 1 N–H and O–H groups in total. The number of nitrogens with zero attached hydrogens (tertiary/aromatic N) is 1. The Morgan fingerprint density at radius 1 is 1.00 bits per heavy atom. The Labute approximate surface area is 123 Å². The SMILES string of the molecule is O=C1O[C@H](c2ccccc2)[C@H](CO)N1Cc1ccccc1. The van der Waals surface area contributed by atoms with Gasteiger partial charge in [-0.3, -0.25) is 4.90 Å². The van der Waals surface area contributed by atoms with Crippen LogP contribution in [0.2, 0.25) is 0 Å². The van der Waals surface area contributed by atoms with Crippen molar-refractivity contribution in [3.8, 4) is 0 Å². The van der Waals surface area contributed by atoms with Gasteiger partial charge in [-0.05, 0) is 11.1 Å². The maximum absolute atomic E-state index is 12.1. The molecule has 1 saturated heterocycles. The first-order valence-corrected chi connectivity index (χ1v) is 6.96. The third kappa shape index (κ3) is 2.76. The van der Waals surface area contributed by atoms with Gasteiger partial charge in [0.05, 0.1) is 12.6 Å². The van der Waals surface area contributed by atoms with Crippen molar-refractivity contribution in [3.05, 3.63) is 71.8 Å². The maximum Gasteiger partial charge on any atom is 0.411 e. The molecule has 0 bridgehead atoms. The molecule has 4 nitrogen and oxygen atoms in total. The molecular formula is C17H17NO3. The zero-order valence-corrected chi connectivity index (χ0v) is 11.6. The summed E-state index contributed by atoms with van der Waals surface area (Å²) in [5.41, 5.74) is 1.92. The average molecular weight is 283 g/mol. The molecule has 1 heterocycles. The fraction of sp³-hybridized carbons (Fsp3) is 0.235. The Bertz CT molecular complexity index is 600. The molecule has 0 aromatic heterocycles. The Morgan fingerprint density at radius 2 is 1.62 bits per heavy atom. The van der Waals surface area contributed by atoms with E-state index in [0.29, 0.717) is 6.54 Å². The number of benzene rings is 2. The zero-order valence-electron chi connectivity index (χ0n) is 11.6. The molecule has 21 heavy (non-hydrogen) atoms. The summed E-state index contributed by atoms with van der Waals surface area (Å²) in [7, 11) is 0. The normalized spacial score (nSPS) is 21.4. The van der Waals surface area contributed by atoms with Crippen molar-refractivity contribution < 1.29 is 14.6 Å². The molecular weight excluding hydrogens is 266 g/mol. The highest BCUT2D eigenvalue weighted by Gasteiger charge is 2.41. The van der Waals surface area contributed by atoms with E-state index >= 15 is 0 Å². The second kappa shape index (κ2) is 5.97. The standard InChI is InChI=1S/C17H17NO3/c19-12-15-16(14-9-5-2-6-10-14)21-17(20)18(15)11-13-7-3-1-4-8-13/h1-10,15-16,19H,11-12H2/t15-,16+/m0/s1. The molecule has 1 fully saturated rings. The van der Waals surface area contributed by atoms with Crippen LogP contribution in [-0.2, 0) is 11.3 Å². The van der Waals surface area contributed by atoms with Gasteiger partial charge in [0.25, 0.3) is 0 Å². The monoisotopic (exact) mass is 283 g/mol. The van der Waals surface area contributed by atoms with E-state index in [1.807, 2.05) is 60.7 Å². The summed E-state index contributed by atoms with van der Waals surface area (Å²) in [4.78, 5) is 13.7. The Hall–Kier alpha value is -2.33. The number of hydrogen-bond donors (Lipinski definition) is 1. The van der Waals surface area contributed by atoms with Gasteiger partial charge in [0.1, 0.15) is 0 Å². The summed E-state index contributed by atoms with van der Waals surface area (Å²) in [5, 5.41) is 9.69. The number of rotatable bonds is 4. The van der Waals surface area contributed by atoms with Crippen LogP contribution in [0.15, 0.2) is 60.7 Å². The molecule has 3 rings (SSSR count). The van der Waals surface area contributed by atoms with Crippen LogP contribution in [0.25, 0.3) is 0 Å². The van der Waals surface area contributed by atoms with Crippen LogP contribution < -0.4 is 0 Å². The van der Waals surface area contributed by atoms with Crippen molar-refractivity contribution in [3.63, 3.8) is 0 Å². The minimum absolute atomic E-state index is 0.127. The highest BCUT2D eigenvalue weighted by atomic mass is 16.6. The van der Waals surface area contributed by atoms with Crippen LogP contribution in [0.4, 0.5) is 4.79 Å². The Morgan fingerprint density at radius 3 is 2.24 bits per heavy atom. The molecule has 0 aliphatic carbocycles. The van der Waals surface area contributed by atoms with E-state index in [-0.39, 0.29) is 18.7 Å². The summed E-state index contributed by atoms with van der Waals surface area (Å²) in [6.45, 7) is 0.312. The van der Waals surface area contributed by atoms with Gasteiger partial charge < -0.3 is 9.84 Å². The molecule has 1 amide bonds. The minimum Gasteiger partial charge on any atom is -0.439 e. The molecule has 2 atom stereocenters. The van der Waals surface area contributed by atoms with Crippen molar-refractivity contribution in [1.29, 1.82) is 0 Å². The van der Waals surface area contributed by atoms with E-state index in [1.54, 1.807) is 4.90 Å². The lowest BCUT2D eigenvalue weighted by atomic mass is 10.0. The van der Waals surface area contributed by atoms with E-state index in [9.17, 15) is 9.90 Å². The first-order valence-electron chi connectivity index (χ1n) is 6.96. The predicted octanol–water partition coefficient (Wildman–Crippen LogP) is 2.74. The van der Waals surface area contributed by atoms with Gasteiger partial charge in [0, 0.05) is 6.54 Å².